The Balaban J connectivity index is 1.50. The minimum absolute atomic E-state index is 0.0771. The highest BCUT2D eigenvalue weighted by Crippen LogP contribution is 2.52. The first-order valence-electron chi connectivity index (χ1n) is 17.2. The van der Waals surface area contributed by atoms with Crippen molar-refractivity contribution in [3.05, 3.63) is 58.7 Å². The molecule has 284 valence electrons. The van der Waals surface area contributed by atoms with E-state index >= 15 is 0 Å². The average molecular weight is 735 g/mol. The van der Waals surface area contributed by atoms with Crippen molar-refractivity contribution in [2.45, 2.75) is 51.8 Å². The monoisotopic (exact) mass is 734 g/mol. The van der Waals surface area contributed by atoms with E-state index in [1.807, 2.05) is 20.8 Å². The van der Waals surface area contributed by atoms with Gasteiger partial charge in [-0.25, -0.2) is 9.59 Å². The van der Waals surface area contributed by atoms with E-state index in [1.54, 1.807) is 55.4 Å². The average Bonchev–Trinajstić information content (AvgIpc) is 3.06. The molecule has 15 nitrogen and oxygen atoms in total. The predicted molar refractivity (Wildman–Crippen MR) is 189 cm³/mol. The number of carbonyl (C=O) groups excluding carboxylic acids is 7. The van der Waals surface area contributed by atoms with Crippen LogP contribution < -0.4 is 10.6 Å². The molecule has 0 aliphatic heterocycles. The predicted octanol–water partition coefficient (Wildman–Crippen LogP) is 1.73. The molecule has 0 saturated heterocycles. The fourth-order valence-corrected chi connectivity index (χ4v) is 8.07. The molecule has 0 heterocycles. The molecule has 2 aromatic rings. The number of primary amides is 1. The zero-order valence-electron chi connectivity index (χ0n) is 30.9. The van der Waals surface area contributed by atoms with Gasteiger partial charge in [0.2, 0.25) is 12.7 Å². The number of aromatic hydroxyl groups is 1. The third-order valence-corrected chi connectivity index (χ3v) is 10.3. The highest BCUT2D eigenvalue weighted by Gasteiger charge is 2.69. The van der Waals surface area contributed by atoms with Gasteiger partial charge in [0, 0.05) is 37.8 Å². The van der Waals surface area contributed by atoms with Crippen LogP contribution in [0.25, 0.3) is 0 Å². The van der Waals surface area contributed by atoms with Crippen molar-refractivity contribution < 1.29 is 53.2 Å². The second-order valence-corrected chi connectivity index (χ2v) is 15.7. The number of aliphatic hydroxyl groups is 1. The maximum Gasteiger partial charge on any atom is 0.412 e. The van der Waals surface area contributed by atoms with Crippen molar-refractivity contribution >= 4 is 46.8 Å². The normalized spacial score (nSPS) is 25.3. The van der Waals surface area contributed by atoms with Gasteiger partial charge in [-0.2, -0.15) is 0 Å². The molecule has 2 aromatic carbocycles. The molecule has 0 radical (unpaired) electrons. The Morgan fingerprint density at radius 2 is 1.62 bits per heavy atom. The standard InChI is InChI=1S/C38H46N4O11/c1-37(2,3)17-42(36(50)53-18-52-35(49)19-11-9-8-10-12-19)16-21-15-24(40(4)5)22-13-20-14-23-28(41(6)7)31(45)27(34(39)48)33(47)38(23,51)32(46)25(20)30(44)26(22)29(21)43/h8-12,15,20,23,25,27-28,43,51H,13-14,16-18H2,1-7H3,(H2,39,48)/t20-,23-,25?,27?,28-,38-/m0/s1. The maximum atomic E-state index is 14.5. The quantitative estimate of drug-likeness (QED) is 0.190. The number of ether oxygens (including phenoxy) is 2. The summed E-state index contributed by atoms with van der Waals surface area (Å²) >= 11 is 0. The van der Waals surface area contributed by atoms with Gasteiger partial charge in [-0.15, -0.1) is 0 Å². The largest absolute Gasteiger partial charge is 0.507 e. The molecule has 53 heavy (non-hydrogen) atoms. The number of benzene rings is 2. The molecule has 2 amide bonds. The molecule has 4 N–H and O–H groups in total. The summed E-state index contributed by atoms with van der Waals surface area (Å²) in [5.74, 6) is -12.3. The number of nitrogens with two attached hydrogens (primary N) is 1. The van der Waals surface area contributed by atoms with Crippen LogP contribution in [0.5, 0.6) is 5.75 Å². The minimum Gasteiger partial charge on any atom is -0.507 e. The van der Waals surface area contributed by atoms with Gasteiger partial charge in [-0.1, -0.05) is 39.0 Å². The van der Waals surface area contributed by atoms with Gasteiger partial charge >= 0.3 is 12.1 Å². The Bertz CT molecular complexity index is 1870. The van der Waals surface area contributed by atoms with Crippen molar-refractivity contribution in [3.63, 3.8) is 0 Å². The van der Waals surface area contributed by atoms with Gasteiger partial charge in [-0.3, -0.25) is 28.9 Å². The van der Waals surface area contributed by atoms with E-state index < -0.39 is 94.4 Å². The summed E-state index contributed by atoms with van der Waals surface area (Å²) in [7, 11) is 6.50. The molecule has 2 saturated carbocycles. The fraction of sp³-hybridized carbons (Fsp3) is 0.500. The smallest absolute Gasteiger partial charge is 0.412 e. The number of carbonyl (C=O) groups is 7. The Morgan fingerprint density at radius 3 is 2.19 bits per heavy atom. The van der Waals surface area contributed by atoms with Crippen molar-refractivity contribution in [3.8, 4) is 5.75 Å². The number of hydrogen-bond donors (Lipinski definition) is 3. The molecule has 2 fully saturated rings. The van der Waals surface area contributed by atoms with Gasteiger partial charge in [0.1, 0.15) is 5.75 Å². The summed E-state index contributed by atoms with van der Waals surface area (Å²) in [6.45, 7) is 4.81. The molecular weight excluding hydrogens is 688 g/mol. The van der Waals surface area contributed by atoms with Crippen molar-refractivity contribution in [2.75, 3.05) is 46.4 Å². The van der Waals surface area contributed by atoms with E-state index in [9.17, 15) is 43.8 Å². The van der Waals surface area contributed by atoms with Crippen LogP contribution >= 0.6 is 0 Å². The number of Topliss-reactive ketones (excluding diaryl/α,β-unsaturated/α-hetero) is 4. The van der Waals surface area contributed by atoms with Crippen LogP contribution in [0.15, 0.2) is 36.4 Å². The molecule has 0 bridgehead atoms. The topological polar surface area (TPSA) is 214 Å². The summed E-state index contributed by atoms with van der Waals surface area (Å²) < 4.78 is 10.4. The zero-order valence-corrected chi connectivity index (χ0v) is 30.9. The summed E-state index contributed by atoms with van der Waals surface area (Å²) in [4.78, 5) is 98.3. The van der Waals surface area contributed by atoms with E-state index in [-0.39, 0.29) is 42.6 Å². The number of hydrogen-bond acceptors (Lipinski definition) is 13. The number of fused-ring (bicyclic) bond motifs is 3. The van der Waals surface area contributed by atoms with E-state index in [4.69, 9.17) is 15.2 Å². The Hall–Kier alpha value is -5.15. The number of esters is 1. The summed E-state index contributed by atoms with van der Waals surface area (Å²) in [5, 5.41) is 23.7. The molecular formula is C38H46N4O11. The van der Waals surface area contributed by atoms with Crippen LogP contribution in [-0.4, -0.2) is 114 Å². The third-order valence-electron chi connectivity index (χ3n) is 10.3. The lowest BCUT2D eigenvalue weighted by Crippen LogP contribution is -2.74. The number of amides is 2. The van der Waals surface area contributed by atoms with E-state index in [1.165, 1.54) is 23.9 Å². The van der Waals surface area contributed by atoms with E-state index in [0.29, 0.717) is 11.3 Å². The van der Waals surface area contributed by atoms with Crippen molar-refractivity contribution in [2.24, 2.45) is 34.8 Å². The van der Waals surface area contributed by atoms with Gasteiger partial charge in [0.05, 0.1) is 29.6 Å². The van der Waals surface area contributed by atoms with E-state index in [0.717, 1.165) is 0 Å². The summed E-state index contributed by atoms with van der Waals surface area (Å²) in [5.41, 5.74) is 3.24. The number of phenols is 1. The third kappa shape index (κ3) is 7.02. The number of anilines is 1. The summed E-state index contributed by atoms with van der Waals surface area (Å²) in [6, 6.07) is 8.57. The maximum absolute atomic E-state index is 14.5. The minimum atomic E-state index is -2.86. The van der Waals surface area contributed by atoms with Gasteiger partial charge in [-0.05, 0) is 62.0 Å². The first-order valence-corrected chi connectivity index (χ1v) is 17.2. The highest BCUT2D eigenvalue weighted by atomic mass is 16.7. The molecule has 0 spiro atoms. The van der Waals surface area contributed by atoms with Crippen LogP contribution in [0.3, 0.4) is 0 Å². The second-order valence-electron chi connectivity index (χ2n) is 15.7. The lowest BCUT2D eigenvalue weighted by molar-refractivity contribution is -0.181. The lowest BCUT2D eigenvalue weighted by Gasteiger charge is -2.52. The Kier molecular flexibility index (Phi) is 10.6. The van der Waals surface area contributed by atoms with Gasteiger partial charge in [0.25, 0.3) is 0 Å². The van der Waals surface area contributed by atoms with Crippen LogP contribution in [0.4, 0.5) is 10.5 Å². The molecule has 3 aliphatic rings. The number of rotatable bonds is 9. The second kappa shape index (κ2) is 14.3. The lowest BCUT2D eigenvalue weighted by atomic mass is 9.52. The van der Waals surface area contributed by atoms with Crippen LogP contribution in [0, 0.1) is 29.1 Å². The highest BCUT2D eigenvalue weighted by molar-refractivity contribution is 6.32. The van der Waals surface area contributed by atoms with E-state index in [2.05, 4.69) is 0 Å². The molecule has 5 rings (SSSR count). The number of nitrogens with zero attached hydrogens (tertiary/aromatic N) is 3. The molecule has 2 unspecified atom stereocenters. The van der Waals surface area contributed by atoms with Gasteiger partial charge < -0.3 is 35.2 Å². The van der Waals surface area contributed by atoms with Gasteiger partial charge in [0.15, 0.2) is 34.7 Å². The Labute approximate surface area is 307 Å². The Morgan fingerprint density at radius 1 is 0.981 bits per heavy atom. The van der Waals surface area contributed by atoms with Crippen LogP contribution in [0.1, 0.15) is 59.0 Å². The number of phenolic OH excluding ortho intramolecular Hbond substituents is 1. The number of ketones is 4. The van der Waals surface area contributed by atoms with Crippen molar-refractivity contribution in [1.82, 2.24) is 9.80 Å². The first kappa shape index (κ1) is 39.1. The molecule has 15 heteroatoms. The first-order chi connectivity index (χ1) is 24.7. The summed E-state index contributed by atoms with van der Waals surface area (Å²) in [6.07, 6.45) is -0.871. The number of likely N-dealkylation sites (N-methyl/N-ethyl adjacent to an activating group) is 1. The van der Waals surface area contributed by atoms with Crippen LogP contribution in [-0.2, 0) is 41.6 Å². The molecule has 0 aromatic heterocycles. The van der Waals surface area contributed by atoms with Crippen molar-refractivity contribution in [1.29, 1.82) is 0 Å². The molecule has 6 atom stereocenters. The van der Waals surface area contributed by atoms with Crippen LogP contribution in [0.2, 0.25) is 0 Å². The fourth-order valence-electron chi connectivity index (χ4n) is 8.07. The zero-order chi connectivity index (χ0) is 39.3. The molecule has 3 aliphatic carbocycles. The SMILES string of the molecule is CN(C)c1cc(CN(CC(C)(C)C)C(=O)OCOC(=O)c2ccccc2)c(O)c2c1C[C@H]1C[C@H]3[C@H](N(C)C)C(=O)C(C(N)=O)C(=O)[C@@]3(O)C(=O)C1C2=O.